The molecule has 1 atom stereocenters. The number of aliphatic hydroxyl groups excluding tert-OH is 1. The summed E-state index contributed by atoms with van der Waals surface area (Å²) in [5.74, 6) is -0.365. The van der Waals surface area contributed by atoms with Gasteiger partial charge >= 0.3 is 0 Å². The van der Waals surface area contributed by atoms with Crippen LogP contribution in [-0.4, -0.2) is 14.9 Å². The second-order valence-electron chi connectivity index (χ2n) is 4.49. The molecule has 0 saturated carbocycles. The fourth-order valence-electron chi connectivity index (χ4n) is 2.22. The van der Waals surface area contributed by atoms with E-state index in [-0.39, 0.29) is 5.82 Å². The quantitative estimate of drug-likeness (QED) is 0.764. The zero-order valence-corrected chi connectivity index (χ0v) is 10.4. The van der Waals surface area contributed by atoms with E-state index < -0.39 is 6.10 Å². The summed E-state index contributed by atoms with van der Waals surface area (Å²) in [5, 5.41) is 15.1. The molecule has 19 heavy (non-hydrogen) atoms. The van der Waals surface area contributed by atoms with Gasteiger partial charge in [-0.1, -0.05) is 18.2 Å². The molecule has 2 aromatic carbocycles. The number of benzene rings is 2. The fourth-order valence-corrected chi connectivity index (χ4v) is 2.22. The van der Waals surface area contributed by atoms with Crippen molar-refractivity contribution in [2.24, 2.45) is 0 Å². The van der Waals surface area contributed by atoms with Crippen LogP contribution >= 0.6 is 0 Å². The van der Waals surface area contributed by atoms with Crippen molar-refractivity contribution in [1.82, 2.24) is 9.78 Å². The third-order valence-electron chi connectivity index (χ3n) is 3.15. The number of aromatic nitrogens is 2. The summed E-state index contributed by atoms with van der Waals surface area (Å²) in [7, 11) is 0. The monoisotopic (exact) mass is 256 g/mol. The van der Waals surface area contributed by atoms with Gasteiger partial charge < -0.3 is 5.11 Å². The van der Waals surface area contributed by atoms with Crippen molar-refractivity contribution in [2.45, 2.75) is 13.0 Å². The molecule has 4 heteroatoms. The molecule has 3 aromatic rings. The number of rotatable bonds is 2. The van der Waals surface area contributed by atoms with Crippen LogP contribution in [0.1, 0.15) is 18.6 Å². The van der Waals surface area contributed by atoms with Gasteiger partial charge in [-0.25, -0.2) is 9.07 Å². The van der Waals surface area contributed by atoms with Gasteiger partial charge in [0.1, 0.15) is 5.82 Å². The molecule has 3 rings (SSSR count). The molecule has 0 aliphatic rings. The third kappa shape index (κ3) is 2.00. The second-order valence-corrected chi connectivity index (χ2v) is 4.49. The van der Waals surface area contributed by atoms with Gasteiger partial charge in [0.2, 0.25) is 0 Å². The van der Waals surface area contributed by atoms with Gasteiger partial charge in [-0.2, -0.15) is 5.10 Å². The van der Waals surface area contributed by atoms with Crippen LogP contribution in [0.25, 0.3) is 16.6 Å². The summed E-state index contributed by atoms with van der Waals surface area (Å²) >= 11 is 0. The van der Waals surface area contributed by atoms with Gasteiger partial charge in [0, 0.05) is 10.9 Å². The van der Waals surface area contributed by atoms with Gasteiger partial charge in [-0.15, -0.1) is 0 Å². The number of aliphatic hydroxyl groups is 1. The van der Waals surface area contributed by atoms with Crippen LogP contribution in [0.5, 0.6) is 0 Å². The van der Waals surface area contributed by atoms with E-state index in [1.807, 2.05) is 24.3 Å². The molecule has 0 saturated heterocycles. The first-order chi connectivity index (χ1) is 9.16. The van der Waals surface area contributed by atoms with E-state index in [0.717, 1.165) is 10.9 Å². The number of halogens is 1. The molecule has 1 aromatic heterocycles. The van der Waals surface area contributed by atoms with Crippen molar-refractivity contribution in [2.75, 3.05) is 0 Å². The molecule has 0 aliphatic heterocycles. The number of nitrogens with zero attached hydrogens (tertiary/aromatic N) is 2. The van der Waals surface area contributed by atoms with Gasteiger partial charge in [0.05, 0.1) is 23.5 Å². The van der Waals surface area contributed by atoms with Crippen LogP contribution in [-0.2, 0) is 0 Å². The van der Waals surface area contributed by atoms with E-state index in [2.05, 4.69) is 5.10 Å². The van der Waals surface area contributed by atoms with E-state index in [1.165, 1.54) is 12.1 Å². The van der Waals surface area contributed by atoms with Gasteiger partial charge in [-0.3, -0.25) is 0 Å². The van der Waals surface area contributed by atoms with Crippen LogP contribution in [0, 0.1) is 5.82 Å². The lowest BCUT2D eigenvalue weighted by Crippen LogP contribution is -2.04. The SMILES string of the molecule is C[C@@H](O)c1cc(F)ccc1-n1ncc2ccccc21. The molecule has 0 aliphatic carbocycles. The molecule has 3 nitrogen and oxygen atoms in total. The van der Waals surface area contributed by atoms with Gasteiger partial charge in [0.25, 0.3) is 0 Å². The van der Waals surface area contributed by atoms with Crippen LogP contribution < -0.4 is 0 Å². The van der Waals surface area contributed by atoms with Gasteiger partial charge in [0.15, 0.2) is 0 Å². The lowest BCUT2D eigenvalue weighted by molar-refractivity contribution is 0.198. The maximum Gasteiger partial charge on any atom is 0.123 e. The van der Waals surface area contributed by atoms with Crippen LogP contribution in [0.2, 0.25) is 0 Å². The van der Waals surface area contributed by atoms with Crippen molar-refractivity contribution in [1.29, 1.82) is 0 Å². The summed E-state index contributed by atoms with van der Waals surface area (Å²) in [6, 6.07) is 12.1. The Labute approximate surface area is 109 Å². The number of fused-ring (bicyclic) bond motifs is 1. The first kappa shape index (κ1) is 11.9. The summed E-state index contributed by atoms with van der Waals surface area (Å²) in [6.45, 7) is 1.62. The van der Waals surface area contributed by atoms with E-state index >= 15 is 0 Å². The second kappa shape index (κ2) is 4.48. The molecule has 0 spiro atoms. The van der Waals surface area contributed by atoms with E-state index in [9.17, 15) is 9.50 Å². The lowest BCUT2D eigenvalue weighted by atomic mass is 10.1. The molecule has 0 amide bonds. The molecular weight excluding hydrogens is 243 g/mol. The average molecular weight is 256 g/mol. The van der Waals surface area contributed by atoms with Crippen LogP contribution in [0.15, 0.2) is 48.7 Å². The zero-order valence-electron chi connectivity index (χ0n) is 10.4. The first-order valence-electron chi connectivity index (χ1n) is 6.07. The van der Waals surface area contributed by atoms with Crippen molar-refractivity contribution >= 4 is 10.9 Å². The lowest BCUT2D eigenvalue weighted by Gasteiger charge is -2.13. The third-order valence-corrected chi connectivity index (χ3v) is 3.15. The van der Waals surface area contributed by atoms with E-state index in [1.54, 1.807) is 23.9 Å². The van der Waals surface area contributed by atoms with Crippen molar-refractivity contribution in [3.8, 4) is 5.69 Å². The Hall–Kier alpha value is -2.20. The summed E-state index contributed by atoms with van der Waals surface area (Å²) in [6.07, 6.45) is 0.999. The molecule has 1 N–H and O–H groups in total. The Morgan fingerprint density at radius 2 is 2.00 bits per heavy atom. The topological polar surface area (TPSA) is 38.0 Å². The maximum atomic E-state index is 13.3. The Balaban J connectivity index is 2.27. The highest BCUT2D eigenvalue weighted by atomic mass is 19.1. The smallest absolute Gasteiger partial charge is 0.123 e. The number of para-hydroxylation sites is 1. The summed E-state index contributed by atoms with van der Waals surface area (Å²) < 4.78 is 15.0. The normalized spacial score (nSPS) is 12.8. The molecule has 0 unspecified atom stereocenters. The minimum absolute atomic E-state index is 0.365. The number of hydrogen-bond acceptors (Lipinski definition) is 2. The highest BCUT2D eigenvalue weighted by Gasteiger charge is 2.13. The van der Waals surface area contributed by atoms with E-state index in [0.29, 0.717) is 11.3 Å². The molecule has 0 radical (unpaired) electrons. The minimum atomic E-state index is -0.756. The zero-order chi connectivity index (χ0) is 13.4. The molecule has 1 heterocycles. The molecular formula is C15H13FN2O. The predicted molar refractivity (Wildman–Crippen MR) is 71.7 cm³/mol. The van der Waals surface area contributed by atoms with Crippen molar-refractivity contribution in [3.63, 3.8) is 0 Å². The Kier molecular flexibility index (Phi) is 2.80. The largest absolute Gasteiger partial charge is 0.389 e. The highest BCUT2D eigenvalue weighted by Crippen LogP contribution is 2.25. The first-order valence-corrected chi connectivity index (χ1v) is 6.07. The fraction of sp³-hybridized carbons (Fsp3) is 0.133. The van der Waals surface area contributed by atoms with E-state index in [4.69, 9.17) is 0 Å². The molecule has 96 valence electrons. The molecule has 0 fully saturated rings. The predicted octanol–water partition coefficient (Wildman–Crippen LogP) is 3.22. The van der Waals surface area contributed by atoms with Crippen LogP contribution in [0.4, 0.5) is 4.39 Å². The molecule has 0 bridgehead atoms. The Bertz CT molecular complexity index is 734. The highest BCUT2D eigenvalue weighted by molar-refractivity contribution is 5.80. The number of hydrogen-bond donors (Lipinski definition) is 1. The van der Waals surface area contributed by atoms with Crippen molar-refractivity contribution in [3.05, 3.63) is 60.0 Å². The van der Waals surface area contributed by atoms with Crippen molar-refractivity contribution < 1.29 is 9.50 Å². The summed E-state index contributed by atoms with van der Waals surface area (Å²) in [5.41, 5.74) is 2.14. The van der Waals surface area contributed by atoms with Gasteiger partial charge in [-0.05, 0) is 31.2 Å². The Morgan fingerprint density at radius 3 is 2.79 bits per heavy atom. The average Bonchev–Trinajstić information content (AvgIpc) is 2.82. The Morgan fingerprint density at radius 1 is 1.21 bits per heavy atom. The standard InChI is InChI=1S/C15H13FN2O/c1-10(19)13-8-12(16)6-7-15(13)18-14-5-3-2-4-11(14)9-17-18/h2-10,19H,1H3/t10-/m1/s1. The maximum absolute atomic E-state index is 13.3. The summed E-state index contributed by atoms with van der Waals surface area (Å²) in [4.78, 5) is 0. The van der Waals surface area contributed by atoms with Crippen LogP contribution in [0.3, 0.4) is 0 Å². The minimum Gasteiger partial charge on any atom is -0.389 e.